The summed E-state index contributed by atoms with van der Waals surface area (Å²) in [4.78, 5) is 0. The highest BCUT2D eigenvalue weighted by Crippen LogP contribution is 2.35. The fraction of sp³-hybridized carbons (Fsp3) is 1.00. The summed E-state index contributed by atoms with van der Waals surface area (Å²) < 4.78 is 0. The van der Waals surface area contributed by atoms with Crippen molar-refractivity contribution in [2.75, 3.05) is 6.54 Å². The molecule has 0 spiro atoms. The Morgan fingerprint density at radius 3 is 2.43 bits per heavy atom. The molecule has 0 bridgehead atoms. The Balaban J connectivity index is 1.99. The van der Waals surface area contributed by atoms with E-state index in [-0.39, 0.29) is 0 Å². The Hall–Kier alpha value is -0.0400. The van der Waals surface area contributed by atoms with E-state index < -0.39 is 0 Å². The Morgan fingerprint density at radius 1 is 0.929 bits per heavy atom. The van der Waals surface area contributed by atoms with E-state index >= 15 is 0 Å². The van der Waals surface area contributed by atoms with E-state index in [0.29, 0.717) is 5.54 Å². The first-order valence-electron chi connectivity index (χ1n) is 6.42. The van der Waals surface area contributed by atoms with Crippen LogP contribution in [-0.2, 0) is 0 Å². The highest BCUT2D eigenvalue weighted by molar-refractivity contribution is 4.87. The molecular formula is C13H25N. The number of rotatable bonds is 0. The van der Waals surface area contributed by atoms with Gasteiger partial charge in [-0.2, -0.15) is 0 Å². The van der Waals surface area contributed by atoms with Crippen LogP contribution in [0.5, 0.6) is 0 Å². The Bertz CT molecular complexity index is 168. The summed E-state index contributed by atoms with van der Waals surface area (Å²) >= 11 is 0. The molecular weight excluding hydrogens is 170 g/mol. The van der Waals surface area contributed by atoms with Crippen LogP contribution >= 0.6 is 0 Å². The molecule has 1 nitrogen and oxygen atoms in total. The van der Waals surface area contributed by atoms with Gasteiger partial charge < -0.3 is 5.32 Å². The van der Waals surface area contributed by atoms with Gasteiger partial charge in [0, 0.05) is 5.54 Å². The molecule has 1 heterocycles. The van der Waals surface area contributed by atoms with Crippen LogP contribution in [0.3, 0.4) is 0 Å². The van der Waals surface area contributed by atoms with Gasteiger partial charge in [-0.1, -0.05) is 25.7 Å². The van der Waals surface area contributed by atoms with Crippen molar-refractivity contribution in [1.82, 2.24) is 5.32 Å². The number of nitrogens with one attached hydrogen (secondary N) is 1. The molecule has 1 saturated carbocycles. The van der Waals surface area contributed by atoms with Crippen LogP contribution in [0.25, 0.3) is 0 Å². The number of hydrogen-bond donors (Lipinski definition) is 1. The number of hydrogen-bond acceptors (Lipinski definition) is 1. The summed E-state index contributed by atoms with van der Waals surface area (Å²) in [6, 6.07) is 0. The van der Waals surface area contributed by atoms with Crippen LogP contribution in [0.4, 0.5) is 0 Å². The first-order chi connectivity index (χ1) is 6.67. The third-order valence-electron chi connectivity index (χ3n) is 4.30. The molecule has 0 aromatic carbocycles. The fourth-order valence-electron chi connectivity index (χ4n) is 3.15. The molecule has 1 saturated heterocycles. The second-order valence-electron chi connectivity index (χ2n) is 5.96. The third kappa shape index (κ3) is 2.50. The zero-order chi connectivity index (χ0) is 10.0. The average Bonchev–Trinajstić information content (AvgIpc) is 2.42. The first-order valence-corrected chi connectivity index (χ1v) is 6.42. The first kappa shape index (κ1) is 10.5. The lowest BCUT2D eigenvalue weighted by Crippen LogP contribution is -2.39. The van der Waals surface area contributed by atoms with Crippen molar-refractivity contribution >= 4 is 0 Å². The van der Waals surface area contributed by atoms with Gasteiger partial charge in [0.05, 0.1) is 0 Å². The Labute approximate surface area is 88.7 Å². The van der Waals surface area contributed by atoms with E-state index in [1.165, 1.54) is 51.5 Å². The van der Waals surface area contributed by atoms with Gasteiger partial charge in [-0.25, -0.2) is 0 Å². The highest BCUT2D eigenvalue weighted by Gasteiger charge is 2.30. The average molecular weight is 195 g/mol. The van der Waals surface area contributed by atoms with Gasteiger partial charge >= 0.3 is 0 Å². The molecule has 1 N–H and O–H groups in total. The van der Waals surface area contributed by atoms with Crippen LogP contribution in [-0.4, -0.2) is 12.1 Å². The molecule has 0 radical (unpaired) electrons. The summed E-state index contributed by atoms with van der Waals surface area (Å²) in [7, 11) is 0. The summed E-state index contributed by atoms with van der Waals surface area (Å²) in [5, 5.41) is 3.75. The molecule has 1 aliphatic heterocycles. The molecule has 0 aromatic heterocycles. The zero-order valence-electron chi connectivity index (χ0n) is 9.81. The smallest absolute Gasteiger partial charge is 0.0125 e. The second-order valence-corrected chi connectivity index (χ2v) is 5.96. The summed E-state index contributed by atoms with van der Waals surface area (Å²) in [6.07, 6.45) is 10.3. The van der Waals surface area contributed by atoms with Gasteiger partial charge in [0.1, 0.15) is 0 Å². The monoisotopic (exact) mass is 195 g/mol. The zero-order valence-corrected chi connectivity index (χ0v) is 9.81. The van der Waals surface area contributed by atoms with Gasteiger partial charge in [-0.3, -0.25) is 0 Å². The molecule has 14 heavy (non-hydrogen) atoms. The molecule has 2 unspecified atom stereocenters. The van der Waals surface area contributed by atoms with Crippen LogP contribution in [0.15, 0.2) is 0 Å². The lowest BCUT2D eigenvalue weighted by Gasteiger charge is -2.24. The minimum absolute atomic E-state index is 0.395. The van der Waals surface area contributed by atoms with Crippen molar-refractivity contribution in [3.63, 3.8) is 0 Å². The van der Waals surface area contributed by atoms with Crippen molar-refractivity contribution in [1.29, 1.82) is 0 Å². The highest BCUT2D eigenvalue weighted by atomic mass is 15.0. The summed E-state index contributed by atoms with van der Waals surface area (Å²) in [5.74, 6) is 2.02. The normalized spacial score (nSPS) is 38.1. The molecule has 82 valence electrons. The molecule has 1 heteroatoms. The molecule has 2 atom stereocenters. The van der Waals surface area contributed by atoms with Crippen LogP contribution in [0, 0.1) is 11.8 Å². The molecule has 0 aromatic rings. The lowest BCUT2D eigenvalue weighted by atomic mass is 9.84. The van der Waals surface area contributed by atoms with E-state index in [1.807, 2.05) is 0 Å². The van der Waals surface area contributed by atoms with Gasteiger partial charge in [-0.15, -0.1) is 0 Å². The van der Waals surface area contributed by atoms with E-state index in [4.69, 9.17) is 0 Å². The van der Waals surface area contributed by atoms with Crippen molar-refractivity contribution in [3.05, 3.63) is 0 Å². The van der Waals surface area contributed by atoms with Crippen molar-refractivity contribution in [2.45, 2.75) is 64.3 Å². The predicted octanol–water partition coefficient (Wildman–Crippen LogP) is 3.34. The third-order valence-corrected chi connectivity index (χ3v) is 4.30. The second kappa shape index (κ2) is 4.22. The Morgan fingerprint density at radius 2 is 1.64 bits per heavy atom. The van der Waals surface area contributed by atoms with Crippen LogP contribution in [0.1, 0.15) is 58.8 Å². The van der Waals surface area contributed by atoms with Crippen molar-refractivity contribution in [2.24, 2.45) is 11.8 Å². The van der Waals surface area contributed by atoms with E-state index in [2.05, 4.69) is 19.2 Å². The quantitative estimate of drug-likeness (QED) is 0.625. The molecule has 2 fully saturated rings. The maximum atomic E-state index is 3.75. The van der Waals surface area contributed by atoms with Crippen LogP contribution < -0.4 is 5.32 Å². The van der Waals surface area contributed by atoms with Gasteiger partial charge in [0.25, 0.3) is 0 Å². The van der Waals surface area contributed by atoms with E-state index in [0.717, 1.165) is 11.8 Å². The molecule has 1 aliphatic carbocycles. The minimum atomic E-state index is 0.395. The minimum Gasteiger partial charge on any atom is -0.312 e. The van der Waals surface area contributed by atoms with Crippen molar-refractivity contribution in [3.8, 4) is 0 Å². The maximum Gasteiger partial charge on any atom is 0.0125 e. The lowest BCUT2D eigenvalue weighted by molar-refractivity contribution is 0.309. The van der Waals surface area contributed by atoms with E-state index in [9.17, 15) is 0 Å². The van der Waals surface area contributed by atoms with Gasteiger partial charge in [0.2, 0.25) is 0 Å². The Kier molecular flexibility index (Phi) is 3.16. The maximum absolute atomic E-state index is 3.75. The van der Waals surface area contributed by atoms with Crippen molar-refractivity contribution < 1.29 is 0 Å². The van der Waals surface area contributed by atoms with Crippen LogP contribution in [0.2, 0.25) is 0 Å². The molecule has 2 rings (SSSR count). The topological polar surface area (TPSA) is 12.0 Å². The SMILES string of the molecule is CC1(C)CCC2CCCCCC2CN1. The fourth-order valence-corrected chi connectivity index (χ4v) is 3.15. The molecule has 0 amide bonds. The summed E-state index contributed by atoms with van der Waals surface area (Å²) in [5.41, 5.74) is 0.395. The van der Waals surface area contributed by atoms with E-state index in [1.54, 1.807) is 0 Å². The van der Waals surface area contributed by atoms with Gasteiger partial charge in [-0.05, 0) is 51.5 Å². The largest absolute Gasteiger partial charge is 0.312 e. The number of fused-ring (bicyclic) bond motifs is 1. The summed E-state index contributed by atoms with van der Waals surface area (Å²) in [6.45, 7) is 5.99. The molecule has 2 aliphatic rings. The van der Waals surface area contributed by atoms with Gasteiger partial charge in [0.15, 0.2) is 0 Å². The predicted molar refractivity (Wildman–Crippen MR) is 61.4 cm³/mol. The standard InChI is InChI=1S/C13H25N/c1-13(2)9-8-11-6-4-3-5-7-12(11)10-14-13/h11-12,14H,3-10H2,1-2H3.